The van der Waals surface area contributed by atoms with E-state index in [0.29, 0.717) is 17.5 Å². The van der Waals surface area contributed by atoms with E-state index in [0.717, 1.165) is 95.7 Å². The van der Waals surface area contributed by atoms with Crippen LogP contribution in [0.4, 0.5) is 0 Å². The molecule has 4 aromatic heterocycles. The predicted molar refractivity (Wildman–Crippen MR) is 289 cm³/mol. The Morgan fingerprint density at radius 2 is 1.36 bits per heavy atom. The van der Waals surface area contributed by atoms with Crippen LogP contribution in [-0.2, 0) is 31.9 Å². The fourth-order valence-corrected chi connectivity index (χ4v) is 10.8. The number of para-hydroxylation sites is 2. The van der Waals surface area contributed by atoms with E-state index < -0.39 is 8.07 Å². The van der Waals surface area contributed by atoms with Gasteiger partial charge in [-0.05, 0) is 87.6 Å². The number of hydrogen-bond donors (Lipinski definition) is 0. The summed E-state index contributed by atoms with van der Waals surface area (Å²) in [6.07, 6.45) is 3.24. The number of aromatic nitrogens is 4. The molecule has 0 aliphatic carbocycles. The fourth-order valence-electron chi connectivity index (χ4n) is 9.25. The van der Waals surface area contributed by atoms with Gasteiger partial charge in [0.25, 0.3) is 0 Å². The van der Waals surface area contributed by atoms with Gasteiger partial charge < -0.3 is 14.0 Å². The summed E-state index contributed by atoms with van der Waals surface area (Å²) in [6, 6.07) is 58.1. The Hall–Kier alpha value is -6.24. The number of imidazole rings is 1. The quantitative estimate of drug-likeness (QED) is 0.107. The molecule has 7 heteroatoms. The molecule has 0 fully saturated rings. The molecule has 6 aromatic carbocycles. The summed E-state index contributed by atoms with van der Waals surface area (Å²) < 4.78 is 9.02. The molecule has 0 N–H and O–H groups in total. The van der Waals surface area contributed by atoms with Gasteiger partial charge in [0.2, 0.25) is 5.71 Å². The van der Waals surface area contributed by atoms with E-state index >= 15 is 0 Å². The molecule has 1 radical (unpaired) electrons. The maximum Gasteiger partial charge on any atom is 0.216 e. The van der Waals surface area contributed by atoms with Crippen LogP contribution in [0.1, 0.15) is 76.8 Å². The average Bonchev–Trinajstić information content (AvgIpc) is 3.91. The molecular weight excluding hydrogens is 1040 g/mol. The Morgan fingerprint density at radius 1 is 0.725 bits per heavy atom. The van der Waals surface area contributed by atoms with Crippen molar-refractivity contribution in [1.82, 2.24) is 19.5 Å². The molecule has 10 aromatic rings. The van der Waals surface area contributed by atoms with Crippen molar-refractivity contribution in [3.63, 3.8) is 0 Å². The minimum absolute atomic E-state index is 0. The van der Waals surface area contributed by atoms with Crippen LogP contribution in [0.2, 0.25) is 19.6 Å². The molecule has 0 saturated carbocycles. The Balaban J connectivity index is 0.000000257. The van der Waals surface area contributed by atoms with Gasteiger partial charge in [0.15, 0.2) is 0 Å². The zero-order valence-electron chi connectivity index (χ0n) is 41.8. The van der Waals surface area contributed by atoms with Crippen LogP contribution in [0.25, 0.3) is 83.7 Å². The van der Waals surface area contributed by atoms with Crippen molar-refractivity contribution >= 4 is 46.4 Å². The Kier molecular flexibility index (Phi) is 14.3. The summed E-state index contributed by atoms with van der Waals surface area (Å²) in [5, 5.41) is 3.55. The molecule has 0 spiro atoms. The Bertz CT molecular complexity index is 3340. The topological polar surface area (TPSA) is 56.7 Å². The van der Waals surface area contributed by atoms with E-state index in [1.165, 1.54) is 16.3 Å². The molecule has 0 aliphatic rings. The van der Waals surface area contributed by atoms with Gasteiger partial charge in [-0.3, -0.25) is 4.98 Å². The molecule has 10 rings (SSSR count). The van der Waals surface area contributed by atoms with Gasteiger partial charge in [-0.1, -0.05) is 170 Å². The summed E-state index contributed by atoms with van der Waals surface area (Å²) in [7, 11) is -1.34. The van der Waals surface area contributed by atoms with Gasteiger partial charge in [0, 0.05) is 48.5 Å². The first-order valence-electron chi connectivity index (χ1n) is 24.1. The molecule has 0 unspecified atom stereocenters. The van der Waals surface area contributed by atoms with Crippen molar-refractivity contribution in [1.29, 1.82) is 0 Å². The third-order valence-corrected chi connectivity index (χ3v) is 14.9. The first kappa shape index (κ1) is 49.2. The van der Waals surface area contributed by atoms with Crippen molar-refractivity contribution in [2.24, 2.45) is 5.92 Å². The molecule has 69 heavy (non-hydrogen) atoms. The third kappa shape index (κ3) is 10.1. The van der Waals surface area contributed by atoms with Crippen molar-refractivity contribution in [3.8, 4) is 50.6 Å². The molecule has 4 heterocycles. The molecule has 351 valence electrons. The van der Waals surface area contributed by atoms with E-state index in [-0.39, 0.29) is 25.5 Å². The van der Waals surface area contributed by atoms with Crippen LogP contribution < -0.4 is 5.19 Å². The number of aryl methyl sites for hydroxylation is 1. The van der Waals surface area contributed by atoms with Crippen molar-refractivity contribution < 1.29 is 24.5 Å². The van der Waals surface area contributed by atoms with E-state index in [9.17, 15) is 0 Å². The number of fused-ring (bicyclic) bond motifs is 4. The molecule has 0 bridgehead atoms. The van der Waals surface area contributed by atoms with Gasteiger partial charge in [0.05, 0.1) is 36.2 Å². The number of furan rings is 1. The second-order valence-electron chi connectivity index (χ2n) is 20.9. The summed E-state index contributed by atoms with van der Waals surface area (Å²) in [4.78, 5) is 15.0. The fraction of sp³-hybridized carbons (Fsp3) is 0.242. The minimum Gasteiger partial charge on any atom is -0.486 e. The van der Waals surface area contributed by atoms with Crippen LogP contribution >= 0.6 is 0 Å². The second-order valence-corrected chi connectivity index (χ2v) is 25.9. The summed E-state index contributed by atoms with van der Waals surface area (Å²) in [5.74, 6) is 1.74. The second kappa shape index (κ2) is 20.0. The predicted octanol–water partition coefficient (Wildman–Crippen LogP) is 16.1. The zero-order valence-corrected chi connectivity index (χ0v) is 45.2. The van der Waals surface area contributed by atoms with Gasteiger partial charge in [-0.25, -0.2) is 4.98 Å². The van der Waals surface area contributed by atoms with Gasteiger partial charge in [0.1, 0.15) is 0 Å². The Labute approximate surface area is 423 Å². The van der Waals surface area contributed by atoms with Crippen LogP contribution in [0.3, 0.4) is 0 Å². The standard InChI is InChI=1S/C44H38N3O.C18H24NSi.Ir/c1-27(2)36-24-23-32-39-28(3)21-22-33(41(39)48-43(32)46-36)42-45-37-19-13-14-20-38(37)47(42)40-34(29-15-9-7-10-16-29)25-31(44(4,5)6)26-35(40)30-17-11-8-12-18-30;1-14(2)11-16-12-17(15-9-7-6-8-10-15)19-13-18(16)20(3,4)5;/h7-21,23-27H,1-6H3;6-9,12-14H,11H2,1-5H3;/q2*-1;. The molecule has 5 nitrogen and oxygen atoms in total. The van der Waals surface area contributed by atoms with Crippen molar-refractivity contribution in [3.05, 3.63) is 186 Å². The van der Waals surface area contributed by atoms with Gasteiger partial charge in [-0.15, -0.1) is 53.6 Å². The molecular formula is C62H62IrN4OSi-2. The maximum absolute atomic E-state index is 6.69. The first-order chi connectivity index (χ1) is 32.6. The number of benzene rings is 6. The van der Waals surface area contributed by atoms with Crippen LogP contribution in [0.15, 0.2) is 156 Å². The zero-order chi connectivity index (χ0) is 47.9. The molecule has 0 amide bonds. The average molecular weight is 1100 g/mol. The van der Waals surface area contributed by atoms with Crippen LogP contribution in [0.5, 0.6) is 0 Å². The summed E-state index contributed by atoms with van der Waals surface area (Å²) >= 11 is 0. The number of nitrogens with zero attached hydrogens (tertiary/aromatic N) is 4. The molecule has 0 atom stereocenters. The van der Waals surface area contributed by atoms with Crippen LogP contribution in [-0.4, -0.2) is 27.6 Å². The van der Waals surface area contributed by atoms with E-state index in [4.69, 9.17) is 14.4 Å². The maximum atomic E-state index is 6.69. The normalized spacial score (nSPS) is 11.9. The van der Waals surface area contributed by atoms with Crippen molar-refractivity contribution in [2.45, 2.75) is 92.8 Å². The number of hydrogen-bond acceptors (Lipinski definition) is 4. The number of pyridine rings is 2. The van der Waals surface area contributed by atoms with Gasteiger partial charge >= 0.3 is 0 Å². The third-order valence-electron chi connectivity index (χ3n) is 12.8. The van der Waals surface area contributed by atoms with E-state index in [1.54, 1.807) is 0 Å². The smallest absolute Gasteiger partial charge is 0.216 e. The van der Waals surface area contributed by atoms with Crippen molar-refractivity contribution in [2.75, 3.05) is 0 Å². The van der Waals surface area contributed by atoms with Gasteiger partial charge in [-0.2, -0.15) is 0 Å². The Morgan fingerprint density at radius 3 is 1.96 bits per heavy atom. The minimum atomic E-state index is -1.34. The summed E-state index contributed by atoms with van der Waals surface area (Å²) in [6.45, 7) is 25.0. The monoisotopic (exact) mass is 1100 g/mol. The molecule has 0 saturated heterocycles. The largest absolute Gasteiger partial charge is 0.486 e. The van der Waals surface area contributed by atoms with E-state index in [1.807, 2.05) is 18.2 Å². The van der Waals surface area contributed by atoms with E-state index in [2.05, 4.69) is 230 Å². The summed E-state index contributed by atoms with van der Waals surface area (Å²) in [5.41, 5.74) is 16.7. The molecule has 0 aliphatic heterocycles. The SMILES string of the molecule is CC(C)Cc1cc(-c2[c-]cccc2)ncc1[Si](C)(C)C.Cc1c[c-]c(-c2nc3ccccc3n2-c2c(-c3ccccc3)cc(C(C)(C)C)cc2-c2ccccc2)c2oc3nc(C(C)C)ccc3c12.[Ir]. The van der Waals surface area contributed by atoms with Crippen LogP contribution in [0, 0.1) is 25.0 Å². The number of rotatable bonds is 9. The first-order valence-corrected chi connectivity index (χ1v) is 27.6.